The molecule has 3 atom stereocenters. The lowest BCUT2D eigenvalue weighted by Gasteiger charge is -2.45. The van der Waals surface area contributed by atoms with E-state index in [4.69, 9.17) is 11.6 Å². The molecule has 0 spiro atoms. The third-order valence-electron chi connectivity index (χ3n) is 6.34. The van der Waals surface area contributed by atoms with Crippen molar-refractivity contribution in [3.05, 3.63) is 97.7 Å². The first-order chi connectivity index (χ1) is 19.7. The van der Waals surface area contributed by atoms with E-state index in [1.54, 1.807) is 6.07 Å². The Morgan fingerprint density at radius 1 is 1.07 bits per heavy atom. The van der Waals surface area contributed by atoms with Crippen molar-refractivity contribution in [3.63, 3.8) is 0 Å². The number of benzene rings is 2. The Balaban J connectivity index is 1.78. The number of amides is 1. The molecule has 0 bridgehead atoms. The number of carbonyl (C=O) groups is 2. The Labute approximate surface area is 248 Å². The summed E-state index contributed by atoms with van der Waals surface area (Å²) in [5, 5.41) is 26.0. The number of anilines is 1. The number of nitrogens with zero attached hydrogens (tertiary/aromatic N) is 1. The molecule has 6 nitrogen and oxygen atoms in total. The zero-order valence-corrected chi connectivity index (χ0v) is 23.3. The summed E-state index contributed by atoms with van der Waals surface area (Å²) in [5.41, 5.74) is -6.14. The summed E-state index contributed by atoms with van der Waals surface area (Å²) in [6.45, 7) is 0. The van der Waals surface area contributed by atoms with Gasteiger partial charge in [0.25, 0.3) is 0 Å². The van der Waals surface area contributed by atoms with Gasteiger partial charge in [-0.1, -0.05) is 59.8 Å². The number of para-hydroxylation sites is 1. The van der Waals surface area contributed by atoms with Gasteiger partial charge in [0.2, 0.25) is 11.6 Å². The van der Waals surface area contributed by atoms with Crippen molar-refractivity contribution in [2.24, 2.45) is 5.92 Å². The minimum Gasteiger partial charge on any atom is -0.363 e. The molecule has 1 aliphatic rings. The molecular weight excluding hydrogens is 628 g/mol. The maximum absolute atomic E-state index is 14.6. The maximum Gasteiger partial charge on any atom is 0.437 e. The number of nitrogens with one attached hydrogen (secondary N) is 2. The fourth-order valence-electron chi connectivity index (χ4n) is 4.49. The SMILES string of the molecule is N#CC1=C(SCC(=O)Nc2ccccc2C(F)(F)F)NC(O)(C(F)(F)F)C(C(=O)c2cccs2)C1c1ccccc1Cl. The van der Waals surface area contributed by atoms with Gasteiger partial charge < -0.3 is 15.7 Å². The monoisotopic (exact) mass is 645 g/mol. The Morgan fingerprint density at radius 2 is 1.74 bits per heavy atom. The summed E-state index contributed by atoms with van der Waals surface area (Å²) < 4.78 is 83.8. The highest BCUT2D eigenvalue weighted by Crippen LogP contribution is 2.52. The third-order valence-corrected chi connectivity index (χ3v) is 8.58. The summed E-state index contributed by atoms with van der Waals surface area (Å²) in [4.78, 5) is 26.1. The summed E-state index contributed by atoms with van der Waals surface area (Å²) in [5.74, 6) is -6.94. The predicted octanol–water partition coefficient (Wildman–Crippen LogP) is 6.96. The molecule has 0 saturated heterocycles. The number of hydrogen-bond acceptors (Lipinski definition) is 7. The van der Waals surface area contributed by atoms with E-state index < -0.39 is 69.2 Å². The maximum atomic E-state index is 14.6. The minimum atomic E-state index is -5.48. The molecule has 3 unspecified atom stereocenters. The van der Waals surface area contributed by atoms with Crippen molar-refractivity contribution in [1.29, 1.82) is 5.26 Å². The van der Waals surface area contributed by atoms with E-state index in [9.17, 15) is 46.3 Å². The number of carbonyl (C=O) groups excluding carboxylic acids is 2. The van der Waals surface area contributed by atoms with Crippen LogP contribution in [-0.2, 0) is 11.0 Å². The molecule has 2 aromatic carbocycles. The highest BCUT2D eigenvalue weighted by atomic mass is 35.5. The van der Waals surface area contributed by atoms with Gasteiger partial charge in [0.15, 0.2) is 5.78 Å². The summed E-state index contributed by atoms with van der Waals surface area (Å²) in [7, 11) is 0. The Bertz CT molecular complexity index is 1570. The van der Waals surface area contributed by atoms with Crippen molar-refractivity contribution in [2.75, 3.05) is 11.1 Å². The van der Waals surface area contributed by atoms with E-state index in [1.165, 1.54) is 47.8 Å². The second-order valence-corrected chi connectivity index (χ2v) is 11.3. The van der Waals surface area contributed by atoms with Gasteiger partial charge in [0.1, 0.15) is 0 Å². The quantitative estimate of drug-likeness (QED) is 0.190. The standard InChI is InChI=1S/C27H18ClF6N3O3S2/c28-17-8-3-1-6-14(17)21-15(12-35)24(42-13-20(38)36-18-9-4-2-7-16(18)26(29,30)31)37-25(40,27(32,33)34)22(21)23(39)19-10-5-11-41-19/h1-11,21-22,37,40H,13H2,(H,36,38). The normalized spacial score (nSPS) is 20.9. The number of ketones is 1. The van der Waals surface area contributed by atoms with Crippen molar-refractivity contribution < 1.29 is 41.0 Å². The first kappa shape index (κ1) is 31.4. The number of thiophene rings is 1. The number of thioether (sulfide) groups is 1. The highest BCUT2D eigenvalue weighted by molar-refractivity contribution is 8.03. The number of hydrogen-bond donors (Lipinski definition) is 3. The van der Waals surface area contributed by atoms with Crippen LogP contribution in [0.25, 0.3) is 0 Å². The fourth-order valence-corrected chi connectivity index (χ4v) is 6.35. The van der Waals surface area contributed by atoms with E-state index in [-0.39, 0.29) is 15.5 Å². The van der Waals surface area contributed by atoms with E-state index in [0.717, 1.165) is 29.5 Å². The molecule has 15 heteroatoms. The number of alkyl halides is 6. The number of allylic oxidation sites excluding steroid dienone is 1. The molecule has 220 valence electrons. The molecule has 0 aliphatic carbocycles. The molecule has 0 radical (unpaired) electrons. The van der Waals surface area contributed by atoms with Crippen LogP contribution in [0.2, 0.25) is 5.02 Å². The first-order valence-electron chi connectivity index (χ1n) is 11.8. The van der Waals surface area contributed by atoms with Gasteiger partial charge in [-0.25, -0.2) is 0 Å². The van der Waals surface area contributed by atoms with Gasteiger partial charge >= 0.3 is 12.4 Å². The second kappa shape index (κ2) is 12.0. The topological polar surface area (TPSA) is 102 Å². The van der Waals surface area contributed by atoms with Crippen molar-refractivity contribution in [2.45, 2.75) is 24.0 Å². The van der Waals surface area contributed by atoms with Crippen LogP contribution in [-0.4, -0.2) is 34.5 Å². The Kier molecular flexibility index (Phi) is 8.98. The van der Waals surface area contributed by atoms with Crippen LogP contribution in [0.3, 0.4) is 0 Å². The number of nitriles is 1. The van der Waals surface area contributed by atoms with Crippen LogP contribution >= 0.6 is 34.7 Å². The Hall–Kier alpha value is -3.51. The zero-order valence-electron chi connectivity index (χ0n) is 20.9. The number of rotatable bonds is 7. The largest absolute Gasteiger partial charge is 0.437 e. The van der Waals surface area contributed by atoms with Crippen molar-refractivity contribution in [1.82, 2.24) is 5.32 Å². The molecule has 3 N–H and O–H groups in total. The molecule has 0 fully saturated rings. The van der Waals surface area contributed by atoms with Crippen LogP contribution in [0, 0.1) is 17.2 Å². The molecule has 42 heavy (non-hydrogen) atoms. The Morgan fingerprint density at radius 3 is 2.33 bits per heavy atom. The summed E-state index contributed by atoms with van der Waals surface area (Å²) in [6.07, 6.45) is -10.3. The van der Waals surface area contributed by atoms with E-state index in [1.807, 2.05) is 5.32 Å². The zero-order chi connectivity index (χ0) is 30.9. The molecule has 1 aliphatic heterocycles. The molecule has 1 amide bonds. The van der Waals surface area contributed by atoms with Crippen LogP contribution in [0.4, 0.5) is 32.0 Å². The molecule has 2 heterocycles. The minimum absolute atomic E-state index is 0.0588. The van der Waals surface area contributed by atoms with Crippen molar-refractivity contribution in [3.8, 4) is 6.07 Å². The lowest BCUT2D eigenvalue weighted by atomic mass is 9.70. The average molecular weight is 646 g/mol. The summed E-state index contributed by atoms with van der Waals surface area (Å²) in [6, 6.07) is 14.1. The molecular formula is C27H18ClF6N3O3S2. The second-order valence-electron chi connectivity index (χ2n) is 8.94. The number of halogens is 7. The van der Waals surface area contributed by atoms with E-state index >= 15 is 0 Å². The van der Waals surface area contributed by atoms with Crippen LogP contribution in [0.1, 0.15) is 26.7 Å². The van der Waals surface area contributed by atoms with E-state index in [2.05, 4.69) is 5.32 Å². The van der Waals surface area contributed by atoms with Gasteiger partial charge in [0.05, 0.1) is 44.5 Å². The van der Waals surface area contributed by atoms with E-state index in [0.29, 0.717) is 11.8 Å². The van der Waals surface area contributed by atoms with Gasteiger partial charge in [-0.2, -0.15) is 31.6 Å². The van der Waals surface area contributed by atoms with Gasteiger partial charge in [-0.15, -0.1) is 11.3 Å². The number of aliphatic hydroxyl groups is 1. The van der Waals surface area contributed by atoms with Crippen molar-refractivity contribution >= 4 is 52.1 Å². The summed E-state index contributed by atoms with van der Waals surface area (Å²) >= 11 is 7.50. The molecule has 1 aromatic heterocycles. The lowest BCUT2D eigenvalue weighted by molar-refractivity contribution is -0.285. The first-order valence-corrected chi connectivity index (χ1v) is 14.1. The van der Waals surface area contributed by atoms with Gasteiger partial charge in [0, 0.05) is 10.9 Å². The molecule has 4 rings (SSSR count). The number of Topliss-reactive ketones (excluding diaryl/α,β-unsaturated/α-hetero) is 1. The smallest absolute Gasteiger partial charge is 0.363 e. The van der Waals surface area contributed by atoms with Crippen LogP contribution in [0.5, 0.6) is 0 Å². The lowest BCUT2D eigenvalue weighted by Crippen LogP contribution is -2.66. The van der Waals surface area contributed by atoms with Gasteiger partial charge in [-0.05, 0) is 35.2 Å². The average Bonchev–Trinajstić information content (AvgIpc) is 3.46. The highest BCUT2D eigenvalue weighted by Gasteiger charge is 2.66. The van der Waals surface area contributed by atoms with Crippen LogP contribution in [0.15, 0.2) is 76.6 Å². The molecule has 3 aromatic rings. The fraction of sp³-hybridized carbons (Fsp3) is 0.222. The third kappa shape index (κ3) is 6.14. The predicted molar refractivity (Wildman–Crippen MR) is 146 cm³/mol. The van der Waals surface area contributed by atoms with Gasteiger partial charge in [-0.3, -0.25) is 9.59 Å². The van der Waals surface area contributed by atoms with Crippen LogP contribution < -0.4 is 10.6 Å². The molecule has 0 saturated carbocycles.